The van der Waals surface area contributed by atoms with Crippen LogP contribution in [0.25, 0.3) is 0 Å². The fourth-order valence-electron chi connectivity index (χ4n) is 3.07. The molecule has 0 bridgehead atoms. The van der Waals surface area contributed by atoms with Crippen molar-refractivity contribution >= 4 is 11.7 Å². The fraction of sp³-hybridized carbons (Fsp3) is 0.611. The Kier molecular flexibility index (Phi) is 7.28. The van der Waals surface area contributed by atoms with E-state index in [0.29, 0.717) is 6.54 Å². The zero-order chi connectivity index (χ0) is 19.2. The highest BCUT2D eigenvalue weighted by atomic mass is 19.4. The lowest BCUT2D eigenvalue weighted by molar-refractivity contribution is -0.136. The number of amides is 2. The minimum absolute atomic E-state index is 0.215. The van der Waals surface area contributed by atoms with E-state index in [-0.39, 0.29) is 11.6 Å². The molecule has 0 radical (unpaired) electrons. The third-order valence-corrected chi connectivity index (χ3v) is 4.57. The Balaban J connectivity index is 1.77. The number of likely N-dealkylation sites (N-methyl/N-ethyl adjacent to an activating group) is 1. The maximum Gasteiger partial charge on any atom is 0.418 e. The second-order valence-electron chi connectivity index (χ2n) is 6.72. The standard InChI is InChI=1S/C18H27F3N4O/c1-3-24-8-10-25(11-9-24)13-14(2)12-22-17(26)23-16-7-5-4-6-15(16)18(19,20)21/h4-7,14H,3,8-13H2,1-2H3,(H2,22,23,26)/t14-/m1/s1. The highest BCUT2D eigenvalue weighted by Gasteiger charge is 2.33. The van der Waals surface area contributed by atoms with Gasteiger partial charge in [-0.25, -0.2) is 4.79 Å². The average molecular weight is 372 g/mol. The normalized spacial score (nSPS) is 17.7. The lowest BCUT2D eigenvalue weighted by atomic mass is 10.1. The zero-order valence-corrected chi connectivity index (χ0v) is 15.3. The Labute approximate surface area is 152 Å². The van der Waals surface area contributed by atoms with Gasteiger partial charge in [-0.05, 0) is 24.6 Å². The zero-order valence-electron chi connectivity index (χ0n) is 15.3. The molecule has 0 saturated carbocycles. The Morgan fingerprint density at radius 1 is 1.15 bits per heavy atom. The van der Waals surface area contributed by atoms with E-state index in [0.717, 1.165) is 45.3 Å². The van der Waals surface area contributed by atoms with E-state index in [2.05, 4.69) is 27.4 Å². The van der Waals surface area contributed by atoms with E-state index >= 15 is 0 Å². The molecular formula is C18H27F3N4O. The van der Waals surface area contributed by atoms with Crippen LogP contribution in [0.1, 0.15) is 19.4 Å². The van der Waals surface area contributed by atoms with E-state index < -0.39 is 17.8 Å². The van der Waals surface area contributed by atoms with Crippen molar-refractivity contribution in [2.45, 2.75) is 20.0 Å². The van der Waals surface area contributed by atoms with Gasteiger partial charge in [0.15, 0.2) is 0 Å². The molecule has 0 aromatic heterocycles. The monoisotopic (exact) mass is 372 g/mol. The number of nitrogens with one attached hydrogen (secondary N) is 2. The summed E-state index contributed by atoms with van der Waals surface area (Å²) in [6.07, 6.45) is -4.50. The lowest BCUT2D eigenvalue weighted by Gasteiger charge is -2.35. The number of nitrogens with zero attached hydrogens (tertiary/aromatic N) is 2. The van der Waals surface area contributed by atoms with Crippen molar-refractivity contribution in [3.8, 4) is 0 Å². The van der Waals surface area contributed by atoms with Gasteiger partial charge in [0.05, 0.1) is 11.3 Å². The minimum atomic E-state index is -4.50. The number of rotatable bonds is 6. The average Bonchev–Trinajstić information content (AvgIpc) is 2.60. The number of urea groups is 1. The van der Waals surface area contributed by atoms with E-state index in [9.17, 15) is 18.0 Å². The largest absolute Gasteiger partial charge is 0.418 e. The van der Waals surface area contributed by atoms with Crippen LogP contribution in [0.4, 0.5) is 23.7 Å². The summed E-state index contributed by atoms with van der Waals surface area (Å²) in [6.45, 7) is 10.6. The number of anilines is 1. The first-order valence-electron chi connectivity index (χ1n) is 8.95. The maximum atomic E-state index is 12.9. The number of hydrogen-bond acceptors (Lipinski definition) is 3. The van der Waals surface area contributed by atoms with Crippen LogP contribution >= 0.6 is 0 Å². The van der Waals surface area contributed by atoms with Crippen LogP contribution in [0.15, 0.2) is 24.3 Å². The van der Waals surface area contributed by atoms with Crippen LogP contribution in [-0.2, 0) is 6.18 Å². The molecule has 2 N–H and O–H groups in total. The summed E-state index contributed by atoms with van der Waals surface area (Å²) in [5.74, 6) is 0.215. The van der Waals surface area contributed by atoms with Crippen molar-refractivity contribution in [1.29, 1.82) is 0 Å². The van der Waals surface area contributed by atoms with Crippen LogP contribution in [-0.4, -0.2) is 61.6 Å². The first-order chi connectivity index (χ1) is 12.3. The van der Waals surface area contributed by atoms with Crippen LogP contribution in [0.3, 0.4) is 0 Å². The Morgan fingerprint density at radius 2 is 1.77 bits per heavy atom. The number of piperazine rings is 1. The van der Waals surface area contributed by atoms with E-state index in [1.54, 1.807) is 0 Å². The summed E-state index contributed by atoms with van der Waals surface area (Å²) in [4.78, 5) is 16.7. The predicted octanol–water partition coefficient (Wildman–Crippen LogP) is 3.10. The number of para-hydroxylation sites is 1. The van der Waals surface area contributed by atoms with Gasteiger partial charge in [-0.3, -0.25) is 0 Å². The molecule has 0 unspecified atom stereocenters. The lowest BCUT2D eigenvalue weighted by Crippen LogP contribution is -2.48. The second kappa shape index (κ2) is 9.23. The SMILES string of the molecule is CCN1CCN(C[C@H](C)CNC(=O)Nc2ccccc2C(F)(F)F)CC1. The van der Waals surface area contributed by atoms with Crippen LogP contribution in [0.2, 0.25) is 0 Å². The third-order valence-electron chi connectivity index (χ3n) is 4.57. The van der Waals surface area contributed by atoms with Crippen molar-refractivity contribution in [3.63, 3.8) is 0 Å². The Morgan fingerprint density at radius 3 is 2.38 bits per heavy atom. The first kappa shape index (κ1) is 20.5. The van der Waals surface area contributed by atoms with Gasteiger partial charge in [0.25, 0.3) is 0 Å². The van der Waals surface area contributed by atoms with Gasteiger partial charge in [0, 0.05) is 39.3 Å². The molecule has 1 aromatic carbocycles. The molecule has 26 heavy (non-hydrogen) atoms. The number of carbonyl (C=O) groups is 1. The summed E-state index contributed by atoms with van der Waals surface area (Å²) in [5, 5.41) is 4.96. The maximum absolute atomic E-state index is 12.9. The summed E-state index contributed by atoms with van der Waals surface area (Å²) in [6, 6.07) is 4.34. The molecule has 1 saturated heterocycles. The van der Waals surface area contributed by atoms with Gasteiger partial charge in [-0.2, -0.15) is 13.2 Å². The highest BCUT2D eigenvalue weighted by Crippen LogP contribution is 2.34. The van der Waals surface area contributed by atoms with Crippen molar-refractivity contribution in [1.82, 2.24) is 15.1 Å². The first-order valence-corrected chi connectivity index (χ1v) is 8.95. The van der Waals surface area contributed by atoms with Crippen molar-refractivity contribution in [3.05, 3.63) is 29.8 Å². The molecule has 1 fully saturated rings. The van der Waals surface area contributed by atoms with Gasteiger partial charge >= 0.3 is 12.2 Å². The van der Waals surface area contributed by atoms with Gasteiger partial charge in [-0.15, -0.1) is 0 Å². The molecule has 2 amide bonds. The molecule has 146 valence electrons. The molecule has 1 aliphatic rings. The van der Waals surface area contributed by atoms with Crippen molar-refractivity contribution < 1.29 is 18.0 Å². The summed E-state index contributed by atoms with van der Waals surface area (Å²) in [7, 11) is 0. The molecule has 5 nitrogen and oxygen atoms in total. The summed E-state index contributed by atoms with van der Waals surface area (Å²) < 4.78 is 38.8. The topological polar surface area (TPSA) is 47.6 Å². The molecule has 0 aliphatic carbocycles. The number of benzene rings is 1. The van der Waals surface area contributed by atoms with Gasteiger partial charge in [0.2, 0.25) is 0 Å². The van der Waals surface area contributed by atoms with E-state index in [1.807, 2.05) is 6.92 Å². The van der Waals surface area contributed by atoms with Crippen molar-refractivity contribution in [2.24, 2.45) is 5.92 Å². The number of hydrogen-bond donors (Lipinski definition) is 2. The summed E-state index contributed by atoms with van der Waals surface area (Å²) >= 11 is 0. The number of halogens is 3. The van der Waals surface area contributed by atoms with Gasteiger partial charge in [-0.1, -0.05) is 26.0 Å². The molecule has 1 aliphatic heterocycles. The van der Waals surface area contributed by atoms with Crippen LogP contribution in [0.5, 0.6) is 0 Å². The van der Waals surface area contributed by atoms with E-state index in [1.165, 1.54) is 18.2 Å². The molecule has 1 heterocycles. The van der Waals surface area contributed by atoms with Crippen LogP contribution in [0, 0.1) is 5.92 Å². The molecule has 1 aromatic rings. The highest BCUT2D eigenvalue weighted by molar-refractivity contribution is 5.90. The quantitative estimate of drug-likeness (QED) is 0.807. The van der Waals surface area contributed by atoms with Crippen LogP contribution < -0.4 is 10.6 Å². The smallest absolute Gasteiger partial charge is 0.338 e. The number of alkyl halides is 3. The Hall–Kier alpha value is -1.80. The van der Waals surface area contributed by atoms with Gasteiger partial charge in [0.1, 0.15) is 0 Å². The molecule has 1 atom stereocenters. The van der Waals surface area contributed by atoms with E-state index in [4.69, 9.17) is 0 Å². The second-order valence-corrected chi connectivity index (χ2v) is 6.72. The predicted molar refractivity (Wildman–Crippen MR) is 96.2 cm³/mol. The third kappa shape index (κ3) is 6.17. The molecule has 2 rings (SSSR count). The van der Waals surface area contributed by atoms with Gasteiger partial charge < -0.3 is 20.4 Å². The summed E-state index contributed by atoms with van der Waals surface area (Å²) in [5.41, 5.74) is -1.09. The minimum Gasteiger partial charge on any atom is -0.338 e. The Bertz CT molecular complexity index is 586. The van der Waals surface area contributed by atoms with Crippen molar-refractivity contribution in [2.75, 3.05) is 51.1 Å². The number of carbonyl (C=O) groups excluding carboxylic acids is 1. The fourth-order valence-corrected chi connectivity index (χ4v) is 3.07. The molecule has 8 heteroatoms. The molecule has 0 spiro atoms. The molecular weight excluding hydrogens is 345 g/mol.